The maximum absolute atomic E-state index is 12.8. The lowest BCUT2D eigenvalue weighted by Crippen LogP contribution is -2.52. The zero-order valence-corrected chi connectivity index (χ0v) is 15.0. The average Bonchev–Trinajstić information content (AvgIpc) is 3.02. The number of hydrogen-bond donors (Lipinski definition) is 1. The Morgan fingerprint density at radius 1 is 1.08 bits per heavy atom. The first-order valence-corrected chi connectivity index (χ1v) is 8.99. The van der Waals surface area contributed by atoms with Gasteiger partial charge in [-0.2, -0.15) is 0 Å². The second kappa shape index (κ2) is 7.44. The van der Waals surface area contributed by atoms with E-state index in [-0.39, 0.29) is 17.9 Å². The molecule has 1 aromatic carbocycles. The molecular weight excluding hydrogens is 318 g/mol. The van der Waals surface area contributed by atoms with E-state index in [0.717, 1.165) is 13.1 Å². The van der Waals surface area contributed by atoms with Gasteiger partial charge in [-0.25, -0.2) is 0 Å². The molecule has 136 valence electrons. The number of aliphatic hydroxyl groups is 1. The van der Waals surface area contributed by atoms with E-state index in [0.29, 0.717) is 25.9 Å². The molecule has 1 saturated carbocycles. The first-order chi connectivity index (χ1) is 12.0. The van der Waals surface area contributed by atoms with Crippen molar-refractivity contribution in [2.24, 2.45) is 5.92 Å². The molecule has 1 aliphatic carbocycles. The molecule has 3 atom stereocenters. The van der Waals surface area contributed by atoms with Crippen LogP contribution in [-0.4, -0.2) is 72.1 Å². The molecule has 2 amide bonds. The SMILES string of the molecule is CC(=O)N(C)[C@@H]1CC[C@@H](C(=O)N2CCN(c3ccccc3)CC2)[C@@H]1O. The Bertz CT molecular complexity index is 614. The van der Waals surface area contributed by atoms with Crippen molar-refractivity contribution in [3.63, 3.8) is 0 Å². The van der Waals surface area contributed by atoms with Crippen LogP contribution in [0.3, 0.4) is 0 Å². The van der Waals surface area contributed by atoms with Crippen LogP contribution >= 0.6 is 0 Å². The summed E-state index contributed by atoms with van der Waals surface area (Å²) in [6.45, 7) is 4.43. The van der Waals surface area contributed by atoms with E-state index in [1.165, 1.54) is 12.6 Å². The van der Waals surface area contributed by atoms with Crippen molar-refractivity contribution < 1.29 is 14.7 Å². The van der Waals surface area contributed by atoms with Gasteiger partial charge in [0.1, 0.15) is 0 Å². The Morgan fingerprint density at radius 2 is 1.72 bits per heavy atom. The van der Waals surface area contributed by atoms with Crippen molar-refractivity contribution >= 4 is 17.5 Å². The van der Waals surface area contributed by atoms with Crippen molar-refractivity contribution in [1.82, 2.24) is 9.80 Å². The van der Waals surface area contributed by atoms with Gasteiger partial charge in [-0.15, -0.1) is 0 Å². The van der Waals surface area contributed by atoms with E-state index >= 15 is 0 Å². The molecule has 0 unspecified atom stereocenters. The molecule has 2 fully saturated rings. The van der Waals surface area contributed by atoms with Gasteiger partial charge in [0.2, 0.25) is 11.8 Å². The fraction of sp³-hybridized carbons (Fsp3) is 0.579. The normalized spacial score (nSPS) is 26.6. The number of nitrogens with zero attached hydrogens (tertiary/aromatic N) is 3. The highest BCUT2D eigenvalue weighted by Gasteiger charge is 2.43. The number of likely N-dealkylation sites (N-methyl/N-ethyl adjacent to an activating group) is 1. The van der Waals surface area contributed by atoms with E-state index < -0.39 is 12.0 Å². The van der Waals surface area contributed by atoms with Crippen LogP contribution in [-0.2, 0) is 9.59 Å². The third-order valence-electron chi connectivity index (χ3n) is 5.60. The van der Waals surface area contributed by atoms with Gasteiger partial charge in [0.15, 0.2) is 0 Å². The van der Waals surface area contributed by atoms with Crippen LogP contribution in [0, 0.1) is 5.92 Å². The van der Waals surface area contributed by atoms with Gasteiger partial charge in [-0.05, 0) is 25.0 Å². The lowest BCUT2D eigenvalue weighted by molar-refractivity contribution is -0.141. The third-order valence-corrected chi connectivity index (χ3v) is 5.60. The molecule has 1 N–H and O–H groups in total. The molecule has 1 saturated heterocycles. The quantitative estimate of drug-likeness (QED) is 0.886. The number of amides is 2. The maximum atomic E-state index is 12.8. The molecule has 6 nitrogen and oxygen atoms in total. The van der Waals surface area contributed by atoms with Gasteiger partial charge in [-0.1, -0.05) is 18.2 Å². The smallest absolute Gasteiger partial charge is 0.228 e. The van der Waals surface area contributed by atoms with Crippen LogP contribution in [0.4, 0.5) is 5.69 Å². The summed E-state index contributed by atoms with van der Waals surface area (Å²) in [5.74, 6) is -0.441. The molecule has 25 heavy (non-hydrogen) atoms. The molecular formula is C19H27N3O3. The number of aliphatic hydroxyl groups excluding tert-OH is 1. The van der Waals surface area contributed by atoms with Gasteiger partial charge in [0.05, 0.1) is 18.1 Å². The lowest BCUT2D eigenvalue weighted by atomic mass is 10.0. The topological polar surface area (TPSA) is 64.1 Å². The number of carbonyl (C=O) groups is 2. The minimum Gasteiger partial charge on any atom is -0.390 e. The van der Waals surface area contributed by atoms with Crippen LogP contribution in [0.25, 0.3) is 0 Å². The number of hydrogen-bond acceptors (Lipinski definition) is 4. The fourth-order valence-electron chi connectivity index (χ4n) is 3.94. The predicted octanol–water partition coefficient (Wildman–Crippen LogP) is 0.953. The van der Waals surface area contributed by atoms with Gasteiger partial charge in [0, 0.05) is 45.8 Å². The summed E-state index contributed by atoms with van der Waals surface area (Å²) in [5.41, 5.74) is 1.18. The summed E-state index contributed by atoms with van der Waals surface area (Å²) in [5, 5.41) is 10.5. The standard InChI is InChI=1S/C19H27N3O3/c1-14(23)20(2)17-9-8-16(18(17)24)19(25)22-12-10-21(11-13-22)15-6-4-3-5-7-15/h3-7,16-18,24H,8-13H2,1-2H3/t16-,17-,18+/m1/s1. The number of benzene rings is 1. The van der Waals surface area contributed by atoms with E-state index in [9.17, 15) is 14.7 Å². The molecule has 1 aromatic rings. The first-order valence-electron chi connectivity index (χ1n) is 8.99. The molecule has 3 rings (SSSR count). The number of piperazine rings is 1. The van der Waals surface area contributed by atoms with E-state index in [4.69, 9.17) is 0 Å². The largest absolute Gasteiger partial charge is 0.390 e. The monoisotopic (exact) mass is 345 g/mol. The molecule has 1 heterocycles. The van der Waals surface area contributed by atoms with Crippen LogP contribution in [0.2, 0.25) is 0 Å². The Labute approximate surface area is 149 Å². The Kier molecular flexibility index (Phi) is 5.27. The minimum absolute atomic E-state index is 0.0275. The molecule has 0 aromatic heterocycles. The molecule has 2 aliphatic rings. The molecule has 1 aliphatic heterocycles. The molecule has 0 spiro atoms. The Hall–Kier alpha value is -2.08. The highest BCUT2D eigenvalue weighted by molar-refractivity contribution is 5.81. The number of carbonyl (C=O) groups excluding carboxylic acids is 2. The summed E-state index contributed by atoms with van der Waals surface area (Å²) < 4.78 is 0. The molecule has 6 heteroatoms. The average molecular weight is 345 g/mol. The van der Waals surface area contributed by atoms with Crippen molar-refractivity contribution in [2.75, 3.05) is 38.1 Å². The second-order valence-electron chi connectivity index (χ2n) is 7.02. The van der Waals surface area contributed by atoms with Gasteiger partial charge < -0.3 is 19.8 Å². The predicted molar refractivity (Wildman–Crippen MR) is 96.2 cm³/mol. The fourth-order valence-corrected chi connectivity index (χ4v) is 3.94. The Morgan fingerprint density at radius 3 is 2.32 bits per heavy atom. The van der Waals surface area contributed by atoms with Crippen LogP contribution in [0.5, 0.6) is 0 Å². The van der Waals surface area contributed by atoms with Crippen molar-refractivity contribution in [3.8, 4) is 0 Å². The number of rotatable bonds is 3. The van der Waals surface area contributed by atoms with Crippen LogP contribution < -0.4 is 4.90 Å². The van der Waals surface area contributed by atoms with Crippen molar-refractivity contribution in [3.05, 3.63) is 30.3 Å². The van der Waals surface area contributed by atoms with Crippen molar-refractivity contribution in [1.29, 1.82) is 0 Å². The number of para-hydroxylation sites is 1. The molecule has 0 bridgehead atoms. The van der Waals surface area contributed by atoms with Crippen molar-refractivity contribution in [2.45, 2.75) is 31.9 Å². The Balaban J connectivity index is 1.57. The summed E-state index contributed by atoms with van der Waals surface area (Å²) in [7, 11) is 1.70. The second-order valence-corrected chi connectivity index (χ2v) is 7.02. The van der Waals surface area contributed by atoms with E-state index in [1.54, 1.807) is 11.9 Å². The summed E-state index contributed by atoms with van der Waals surface area (Å²) in [6.07, 6.45) is 0.548. The third kappa shape index (κ3) is 3.63. The first kappa shape index (κ1) is 17.7. The maximum Gasteiger partial charge on any atom is 0.228 e. The van der Waals surface area contributed by atoms with Crippen LogP contribution in [0.1, 0.15) is 19.8 Å². The highest BCUT2D eigenvalue weighted by atomic mass is 16.3. The lowest BCUT2D eigenvalue weighted by Gasteiger charge is -2.38. The highest BCUT2D eigenvalue weighted by Crippen LogP contribution is 2.31. The summed E-state index contributed by atoms with van der Waals surface area (Å²) in [4.78, 5) is 30.1. The van der Waals surface area contributed by atoms with Crippen LogP contribution in [0.15, 0.2) is 30.3 Å². The zero-order valence-electron chi connectivity index (χ0n) is 15.0. The zero-order chi connectivity index (χ0) is 18.0. The minimum atomic E-state index is -0.770. The molecule has 0 radical (unpaired) electrons. The van der Waals surface area contributed by atoms with Gasteiger partial charge >= 0.3 is 0 Å². The van der Waals surface area contributed by atoms with E-state index in [1.807, 2.05) is 23.1 Å². The van der Waals surface area contributed by atoms with E-state index in [2.05, 4.69) is 17.0 Å². The van der Waals surface area contributed by atoms with Gasteiger partial charge in [-0.3, -0.25) is 9.59 Å². The van der Waals surface area contributed by atoms with Gasteiger partial charge in [0.25, 0.3) is 0 Å². The summed E-state index contributed by atoms with van der Waals surface area (Å²) in [6, 6.07) is 9.96. The number of anilines is 1. The summed E-state index contributed by atoms with van der Waals surface area (Å²) >= 11 is 0.